The molecule has 1 atom stereocenters. The summed E-state index contributed by atoms with van der Waals surface area (Å²) in [6, 6.07) is 15.2. The van der Waals surface area contributed by atoms with Gasteiger partial charge in [0, 0.05) is 19.0 Å². The second-order valence-electron chi connectivity index (χ2n) is 8.63. The number of esters is 1. The van der Waals surface area contributed by atoms with E-state index in [9.17, 15) is 9.90 Å². The molecule has 0 aromatic heterocycles. The van der Waals surface area contributed by atoms with Crippen molar-refractivity contribution in [2.24, 2.45) is 17.1 Å². The number of phenols is 1. The Morgan fingerprint density at radius 3 is 2.42 bits per heavy atom. The molecule has 0 aliphatic carbocycles. The first-order valence-electron chi connectivity index (χ1n) is 10.2. The van der Waals surface area contributed by atoms with E-state index in [1.165, 1.54) is 7.11 Å². The van der Waals surface area contributed by atoms with Crippen LogP contribution in [0.1, 0.15) is 31.9 Å². The number of nitrogens with two attached hydrogens (primary N) is 1. The van der Waals surface area contributed by atoms with Gasteiger partial charge in [-0.25, -0.2) is 0 Å². The lowest BCUT2D eigenvalue weighted by molar-refractivity contribution is -0.154. The van der Waals surface area contributed by atoms with Crippen LogP contribution in [-0.4, -0.2) is 41.3 Å². The molecule has 2 aromatic carbocycles. The molecule has 3 N–H and O–H groups in total. The molecule has 6 nitrogen and oxygen atoms in total. The van der Waals surface area contributed by atoms with E-state index >= 15 is 0 Å². The standard InChI is InChI=1S/C24H32N2O4S/c1-24(2,3)22(28)30-16-19(12-17-8-6-5-7-9-17)15-26(23(25)31)14-18-10-11-20(27)21(13-18)29-4/h5-11,13,19,27H,12,14-16H2,1-4H3,(H2,25,31)/t19-/m1/s1. The Morgan fingerprint density at radius 1 is 1.16 bits per heavy atom. The summed E-state index contributed by atoms with van der Waals surface area (Å²) in [6.45, 7) is 6.74. The van der Waals surface area contributed by atoms with Crippen molar-refractivity contribution in [2.75, 3.05) is 20.3 Å². The molecule has 2 rings (SSSR count). The van der Waals surface area contributed by atoms with Crippen LogP contribution in [0.5, 0.6) is 11.5 Å². The van der Waals surface area contributed by atoms with Gasteiger partial charge in [-0.3, -0.25) is 4.79 Å². The number of aromatic hydroxyl groups is 1. The first-order valence-corrected chi connectivity index (χ1v) is 10.6. The molecule has 0 radical (unpaired) electrons. The van der Waals surface area contributed by atoms with Crippen molar-refractivity contribution in [1.29, 1.82) is 0 Å². The number of hydrogen-bond acceptors (Lipinski definition) is 5. The number of rotatable bonds is 9. The minimum atomic E-state index is -0.567. The molecule has 168 valence electrons. The van der Waals surface area contributed by atoms with Crippen molar-refractivity contribution >= 4 is 23.3 Å². The van der Waals surface area contributed by atoms with Gasteiger partial charge >= 0.3 is 5.97 Å². The Balaban J connectivity index is 2.17. The van der Waals surface area contributed by atoms with E-state index in [1.807, 2.05) is 43.9 Å². The molecule has 0 spiro atoms. The maximum atomic E-state index is 12.3. The summed E-state index contributed by atoms with van der Waals surface area (Å²) in [7, 11) is 1.50. The van der Waals surface area contributed by atoms with E-state index in [0.29, 0.717) is 18.8 Å². The molecule has 0 unspecified atom stereocenters. The maximum absolute atomic E-state index is 12.3. The summed E-state index contributed by atoms with van der Waals surface area (Å²) in [5.74, 6) is 0.217. The number of carbonyl (C=O) groups excluding carboxylic acids is 1. The molecule has 0 aliphatic rings. The Kier molecular flexibility index (Phi) is 8.68. The third kappa shape index (κ3) is 7.75. The largest absolute Gasteiger partial charge is 0.504 e. The molecule has 7 heteroatoms. The molecule has 0 fully saturated rings. The summed E-state index contributed by atoms with van der Waals surface area (Å²) in [6.07, 6.45) is 0.719. The lowest BCUT2D eigenvalue weighted by Crippen LogP contribution is -2.40. The predicted octanol–water partition coefficient (Wildman–Crippen LogP) is 3.89. The number of benzene rings is 2. The molecule has 0 heterocycles. The van der Waals surface area contributed by atoms with E-state index in [0.717, 1.165) is 17.5 Å². The first kappa shape index (κ1) is 24.5. The quantitative estimate of drug-likeness (QED) is 0.448. The van der Waals surface area contributed by atoms with Crippen LogP contribution in [0.4, 0.5) is 0 Å². The monoisotopic (exact) mass is 444 g/mol. The molecular weight excluding hydrogens is 412 g/mol. The summed E-state index contributed by atoms with van der Waals surface area (Å²) < 4.78 is 10.8. The van der Waals surface area contributed by atoms with Crippen LogP contribution >= 0.6 is 12.2 Å². The number of carbonyl (C=O) groups is 1. The van der Waals surface area contributed by atoms with Gasteiger partial charge in [0.1, 0.15) is 0 Å². The number of thiocarbonyl (C=S) groups is 1. The number of hydrogen-bond donors (Lipinski definition) is 2. The smallest absolute Gasteiger partial charge is 0.311 e. The van der Waals surface area contributed by atoms with Crippen molar-refractivity contribution < 1.29 is 19.4 Å². The van der Waals surface area contributed by atoms with Gasteiger partial charge in [0.25, 0.3) is 0 Å². The van der Waals surface area contributed by atoms with E-state index in [4.69, 9.17) is 27.4 Å². The zero-order valence-electron chi connectivity index (χ0n) is 18.6. The van der Waals surface area contributed by atoms with Crippen molar-refractivity contribution in [3.63, 3.8) is 0 Å². The van der Waals surface area contributed by atoms with Crippen LogP contribution in [0.15, 0.2) is 48.5 Å². The van der Waals surface area contributed by atoms with Crippen molar-refractivity contribution in [2.45, 2.75) is 33.7 Å². The average molecular weight is 445 g/mol. The summed E-state index contributed by atoms with van der Waals surface area (Å²) in [5, 5.41) is 10.1. The van der Waals surface area contributed by atoms with Gasteiger partial charge in [-0.1, -0.05) is 36.4 Å². The lowest BCUT2D eigenvalue weighted by Gasteiger charge is -2.29. The van der Waals surface area contributed by atoms with E-state index in [-0.39, 0.29) is 29.4 Å². The fraction of sp³-hybridized carbons (Fsp3) is 0.417. The van der Waals surface area contributed by atoms with Crippen molar-refractivity contribution in [3.8, 4) is 11.5 Å². The average Bonchev–Trinajstić information content (AvgIpc) is 2.72. The Bertz CT molecular complexity index is 881. The molecule has 31 heavy (non-hydrogen) atoms. The fourth-order valence-electron chi connectivity index (χ4n) is 3.12. The summed E-state index contributed by atoms with van der Waals surface area (Å²) in [5.41, 5.74) is 7.50. The van der Waals surface area contributed by atoms with E-state index in [1.54, 1.807) is 18.2 Å². The molecule has 0 aliphatic heterocycles. The van der Waals surface area contributed by atoms with Crippen LogP contribution in [0, 0.1) is 11.3 Å². The van der Waals surface area contributed by atoms with Crippen LogP contribution in [0.3, 0.4) is 0 Å². The molecule has 0 bridgehead atoms. The normalized spacial score (nSPS) is 12.1. The highest BCUT2D eigenvalue weighted by atomic mass is 32.1. The number of methoxy groups -OCH3 is 1. The Hall–Kier alpha value is -2.80. The van der Waals surface area contributed by atoms with Crippen LogP contribution in [0.25, 0.3) is 0 Å². The second-order valence-corrected chi connectivity index (χ2v) is 9.05. The van der Waals surface area contributed by atoms with Gasteiger partial charge in [0.2, 0.25) is 0 Å². The molecule has 2 aromatic rings. The molecule has 0 saturated carbocycles. The Morgan fingerprint density at radius 2 is 1.84 bits per heavy atom. The highest BCUT2D eigenvalue weighted by Crippen LogP contribution is 2.27. The maximum Gasteiger partial charge on any atom is 0.311 e. The van der Waals surface area contributed by atoms with Gasteiger partial charge in [0.15, 0.2) is 16.6 Å². The van der Waals surface area contributed by atoms with Crippen molar-refractivity contribution in [1.82, 2.24) is 4.90 Å². The van der Waals surface area contributed by atoms with Crippen LogP contribution < -0.4 is 10.5 Å². The second kappa shape index (κ2) is 11.0. The predicted molar refractivity (Wildman–Crippen MR) is 126 cm³/mol. The van der Waals surface area contributed by atoms with Gasteiger partial charge in [-0.05, 0) is 62.7 Å². The molecular formula is C24H32N2O4S. The Labute approximate surface area is 190 Å². The minimum Gasteiger partial charge on any atom is -0.504 e. The molecule has 0 saturated heterocycles. The zero-order valence-corrected chi connectivity index (χ0v) is 19.4. The van der Waals surface area contributed by atoms with E-state index in [2.05, 4.69) is 12.1 Å². The number of ether oxygens (including phenoxy) is 2. The fourth-order valence-corrected chi connectivity index (χ4v) is 3.26. The third-order valence-corrected chi connectivity index (χ3v) is 5.10. The third-order valence-electron chi connectivity index (χ3n) is 4.84. The van der Waals surface area contributed by atoms with Gasteiger partial charge in [0.05, 0.1) is 19.1 Å². The van der Waals surface area contributed by atoms with Gasteiger partial charge < -0.3 is 25.2 Å². The number of phenolic OH excluding ortho intramolecular Hbond substituents is 1. The lowest BCUT2D eigenvalue weighted by atomic mass is 9.96. The molecule has 0 amide bonds. The summed E-state index contributed by atoms with van der Waals surface area (Å²) >= 11 is 5.30. The van der Waals surface area contributed by atoms with E-state index < -0.39 is 5.41 Å². The highest BCUT2D eigenvalue weighted by Gasteiger charge is 2.25. The van der Waals surface area contributed by atoms with Gasteiger partial charge in [-0.2, -0.15) is 0 Å². The van der Waals surface area contributed by atoms with Crippen molar-refractivity contribution in [3.05, 3.63) is 59.7 Å². The van der Waals surface area contributed by atoms with Gasteiger partial charge in [-0.15, -0.1) is 0 Å². The topological polar surface area (TPSA) is 85.0 Å². The van der Waals surface area contributed by atoms with Crippen LogP contribution in [-0.2, 0) is 22.5 Å². The SMILES string of the molecule is COc1cc(CN(C[C@H](COC(=O)C(C)(C)C)Cc2ccccc2)C(N)=S)ccc1O. The first-order chi connectivity index (χ1) is 14.6. The zero-order chi connectivity index (χ0) is 23.0. The summed E-state index contributed by atoms with van der Waals surface area (Å²) in [4.78, 5) is 14.2. The highest BCUT2D eigenvalue weighted by molar-refractivity contribution is 7.80. The number of nitrogens with zero attached hydrogens (tertiary/aromatic N) is 1. The van der Waals surface area contributed by atoms with Crippen LogP contribution in [0.2, 0.25) is 0 Å². The minimum absolute atomic E-state index is 0.00536.